The number of hydrazine groups is 1. The van der Waals surface area contributed by atoms with Crippen molar-refractivity contribution in [1.29, 1.82) is 0 Å². The van der Waals surface area contributed by atoms with E-state index in [9.17, 15) is 14.4 Å². The van der Waals surface area contributed by atoms with Gasteiger partial charge in [0.1, 0.15) is 6.04 Å². The fourth-order valence-electron chi connectivity index (χ4n) is 2.50. The highest BCUT2D eigenvalue weighted by Gasteiger charge is 2.20. The molecule has 8 heteroatoms. The van der Waals surface area contributed by atoms with Crippen molar-refractivity contribution in [2.45, 2.75) is 72.3 Å². The molecule has 0 bridgehead atoms. The first-order valence-electron chi connectivity index (χ1n) is 10.2. The molecular formula is C22H37N3O4S. The fourth-order valence-corrected chi connectivity index (χ4v) is 3.51. The molecule has 0 aliphatic carbocycles. The summed E-state index contributed by atoms with van der Waals surface area (Å²) in [7, 11) is 0. The van der Waals surface area contributed by atoms with Gasteiger partial charge in [-0.05, 0) is 53.4 Å². The van der Waals surface area contributed by atoms with E-state index in [4.69, 9.17) is 10.9 Å². The summed E-state index contributed by atoms with van der Waals surface area (Å²) in [6, 6.07) is -0.790. The summed E-state index contributed by atoms with van der Waals surface area (Å²) in [6.45, 7) is 8.48. The van der Waals surface area contributed by atoms with E-state index in [1.54, 1.807) is 0 Å². The largest absolute Gasteiger partial charge is 0.481 e. The Morgan fingerprint density at radius 1 is 0.933 bits per heavy atom. The van der Waals surface area contributed by atoms with Gasteiger partial charge in [-0.2, -0.15) is 11.8 Å². The smallest absolute Gasteiger partial charge is 0.303 e. The Balaban J connectivity index is 4.32. The molecule has 2 amide bonds. The van der Waals surface area contributed by atoms with Gasteiger partial charge >= 0.3 is 5.97 Å². The Labute approximate surface area is 184 Å². The van der Waals surface area contributed by atoms with E-state index in [0.29, 0.717) is 11.5 Å². The Morgan fingerprint density at radius 2 is 1.53 bits per heavy atom. The van der Waals surface area contributed by atoms with Crippen molar-refractivity contribution < 1.29 is 19.5 Å². The van der Waals surface area contributed by atoms with Gasteiger partial charge in [-0.3, -0.25) is 19.8 Å². The maximum absolute atomic E-state index is 11.8. The van der Waals surface area contributed by atoms with E-state index in [1.165, 1.54) is 28.5 Å². The van der Waals surface area contributed by atoms with Crippen molar-refractivity contribution in [2.24, 2.45) is 5.84 Å². The van der Waals surface area contributed by atoms with Crippen molar-refractivity contribution in [3.05, 3.63) is 34.9 Å². The van der Waals surface area contributed by atoms with Crippen LogP contribution in [0.4, 0.5) is 0 Å². The first-order chi connectivity index (χ1) is 14.1. The zero-order valence-corrected chi connectivity index (χ0v) is 19.4. The van der Waals surface area contributed by atoms with Gasteiger partial charge < -0.3 is 10.4 Å². The summed E-state index contributed by atoms with van der Waals surface area (Å²) in [5.74, 6) is 4.21. The first kappa shape index (κ1) is 27.9. The van der Waals surface area contributed by atoms with Crippen molar-refractivity contribution >= 4 is 29.5 Å². The van der Waals surface area contributed by atoms with Crippen LogP contribution in [0, 0.1) is 0 Å². The lowest BCUT2D eigenvalue weighted by Gasteiger charge is -2.16. The van der Waals surface area contributed by atoms with Crippen molar-refractivity contribution in [3.63, 3.8) is 0 Å². The number of carbonyl (C=O) groups excluding carboxylic acids is 2. The molecule has 0 fully saturated rings. The predicted octanol–water partition coefficient (Wildman–Crippen LogP) is 3.48. The van der Waals surface area contributed by atoms with E-state index in [1.807, 2.05) is 5.43 Å². The maximum Gasteiger partial charge on any atom is 0.303 e. The van der Waals surface area contributed by atoms with Crippen LogP contribution >= 0.6 is 11.8 Å². The average molecular weight is 440 g/mol. The second kappa shape index (κ2) is 16.7. The van der Waals surface area contributed by atoms with Crippen molar-refractivity contribution in [2.75, 3.05) is 11.5 Å². The minimum atomic E-state index is -1.06. The number of aliphatic carboxylic acids is 1. The predicted molar refractivity (Wildman–Crippen MR) is 124 cm³/mol. The molecule has 0 aliphatic rings. The van der Waals surface area contributed by atoms with E-state index >= 15 is 0 Å². The SMILES string of the molecule is CC(C)=CCC/C(C)=C/CC/C(C)=C/CSC[C@H](NC(=O)CCC(=O)O)C(=O)NN. The molecule has 0 aliphatic heterocycles. The third kappa shape index (κ3) is 15.8. The molecule has 5 N–H and O–H groups in total. The molecule has 7 nitrogen and oxygen atoms in total. The second-order valence-electron chi connectivity index (χ2n) is 7.52. The Kier molecular flexibility index (Phi) is 15.6. The normalized spacial score (nSPS) is 12.8. The molecule has 0 saturated carbocycles. The van der Waals surface area contributed by atoms with Gasteiger partial charge in [-0.15, -0.1) is 0 Å². The molecule has 0 heterocycles. The molecule has 0 rings (SSSR count). The number of allylic oxidation sites excluding steroid dienone is 5. The second-order valence-corrected chi connectivity index (χ2v) is 8.59. The molecule has 0 spiro atoms. The molecule has 30 heavy (non-hydrogen) atoms. The molecule has 0 aromatic heterocycles. The highest BCUT2D eigenvalue weighted by molar-refractivity contribution is 7.99. The number of nitrogens with two attached hydrogens (primary N) is 1. The van der Waals surface area contributed by atoms with Gasteiger partial charge in [0.2, 0.25) is 5.91 Å². The van der Waals surface area contributed by atoms with Crippen LogP contribution in [-0.4, -0.2) is 40.4 Å². The molecule has 170 valence electrons. The van der Waals surface area contributed by atoms with Crippen LogP contribution in [-0.2, 0) is 14.4 Å². The lowest BCUT2D eigenvalue weighted by atomic mass is 10.1. The molecule has 1 atom stereocenters. The number of thioether (sulfide) groups is 1. The minimum absolute atomic E-state index is 0.172. The van der Waals surface area contributed by atoms with Gasteiger partial charge in [0, 0.05) is 17.9 Å². The number of carboxylic acids is 1. The maximum atomic E-state index is 11.8. The van der Waals surface area contributed by atoms with Crippen LogP contribution in [0.15, 0.2) is 34.9 Å². The summed E-state index contributed by atoms with van der Waals surface area (Å²) in [6.07, 6.45) is 10.4. The van der Waals surface area contributed by atoms with E-state index in [0.717, 1.165) is 25.7 Å². The highest BCUT2D eigenvalue weighted by atomic mass is 32.2. The lowest BCUT2D eigenvalue weighted by molar-refractivity contribution is -0.139. The molecule has 0 saturated heterocycles. The summed E-state index contributed by atoms with van der Waals surface area (Å²) in [5, 5.41) is 11.2. The van der Waals surface area contributed by atoms with Gasteiger partial charge in [0.15, 0.2) is 0 Å². The lowest BCUT2D eigenvalue weighted by Crippen LogP contribution is -2.50. The first-order valence-corrected chi connectivity index (χ1v) is 11.3. The minimum Gasteiger partial charge on any atom is -0.481 e. The fraction of sp³-hybridized carbons (Fsp3) is 0.591. The molecule has 0 radical (unpaired) electrons. The average Bonchev–Trinajstić information content (AvgIpc) is 2.67. The van der Waals surface area contributed by atoms with Crippen LogP contribution in [0.5, 0.6) is 0 Å². The number of hydrogen-bond donors (Lipinski definition) is 4. The number of nitrogens with one attached hydrogen (secondary N) is 2. The molecular weight excluding hydrogens is 402 g/mol. The molecule has 0 aromatic rings. The van der Waals surface area contributed by atoms with E-state index in [2.05, 4.69) is 51.2 Å². The monoisotopic (exact) mass is 439 g/mol. The van der Waals surface area contributed by atoms with Crippen molar-refractivity contribution in [1.82, 2.24) is 10.7 Å². The Morgan fingerprint density at radius 3 is 2.10 bits per heavy atom. The summed E-state index contributed by atoms with van der Waals surface area (Å²) >= 11 is 1.51. The standard InChI is InChI=1S/C22H37N3O4S/c1-16(2)7-5-8-17(3)9-6-10-18(4)13-14-30-15-19(22(29)25-23)24-20(26)11-12-21(27)28/h7,9,13,19H,5-6,8,10-12,14-15,23H2,1-4H3,(H,24,26)(H,25,29)(H,27,28)/b17-9+,18-13+/t19-/m0/s1. The highest BCUT2D eigenvalue weighted by Crippen LogP contribution is 2.13. The van der Waals surface area contributed by atoms with Crippen molar-refractivity contribution in [3.8, 4) is 0 Å². The van der Waals surface area contributed by atoms with Crippen LogP contribution < -0.4 is 16.6 Å². The summed E-state index contributed by atoms with van der Waals surface area (Å²) in [4.78, 5) is 34.1. The quantitative estimate of drug-likeness (QED) is 0.102. The van der Waals surface area contributed by atoms with Crippen LogP contribution in [0.2, 0.25) is 0 Å². The van der Waals surface area contributed by atoms with Gasteiger partial charge in [0.25, 0.3) is 5.91 Å². The Hall–Kier alpha value is -2.06. The van der Waals surface area contributed by atoms with Crippen LogP contribution in [0.25, 0.3) is 0 Å². The zero-order chi connectivity index (χ0) is 22.9. The van der Waals surface area contributed by atoms with Gasteiger partial charge in [-0.1, -0.05) is 34.9 Å². The number of rotatable bonds is 15. The van der Waals surface area contributed by atoms with Crippen LogP contribution in [0.3, 0.4) is 0 Å². The molecule has 0 aromatic carbocycles. The van der Waals surface area contributed by atoms with E-state index < -0.39 is 23.8 Å². The number of hydrogen-bond acceptors (Lipinski definition) is 5. The third-order valence-electron chi connectivity index (χ3n) is 4.32. The number of carboxylic acid groups (broad SMARTS) is 1. The summed E-state index contributed by atoms with van der Waals surface area (Å²) < 4.78 is 0. The zero-order valence-electron chi connectivity index (χ0n) is 18.6. The summed E-state index contributed by atoms with van der Waals surface area (Å²) in [5.41, 5.74) is 6.07. The third-order valence-corrected chi connectivity index (χ3v) is 5.29. The number of amides is 2. The van der Waals surface area contributed by atoms with Gasteiger partial charge in [-0.25, -0.2) is 5.84 Å². The Bertz CT molecular complexity index is 653. The van der Waals surface area contributed by atoms with E-state index in [-0.39, 0.29) is 12.8 Å². The molecule has 0 unspecified atom stereocenters. The topological polar surface area (TPSA) is 122 Å². The van der Waals surface area contributed by atoms with Gasteiger partial charge in [0.05, 0.1) is 6.42 Å². The van der Waals surface area contributed by atoms with Crippen LogP contribution in [0.1, 0.15) is 66.2 Å². The number of carbonyl (C=O) groups is 3.